The van der Waals surface area contributed by atoms with Crippen molar-refractivity contribution in [2.75, 3.05) is 17.2 Å². The molecule has 0 saturated carbocycles. The van der Waals surface area contributed by atoms with Gasteiger partial charge in [0.05, 0.1) is 11.4 Å². The first-order chi connectivity index (χ1) is 7.09. The predicted octanol–water partition coefficient (Wildman–Crippen LogP) is 2.87. The average Bonchev–Trinajstić information content (AvgIpc) is 2.58. The van der Waals surface area contributed by atoms with Crippen LogP contribution in [0.15, 0.2) is 12.1 Å². The first-order valence-corrected chi connectivity index (χ1v) is 5.73. The lowest BCUT2D eigenvalue weighted by Crippen LogP contribution is -2.27. The minimum absolute atomic E-state index is 0.634. The van der Waals surface area contributed by atoms with Gasteiger partial charge < -0.3 is 10.6 Å². The zero-order chi connectivity index (χ0) is 11.0. The second-order valence-corrected chi connectivity index (χ2v) is 4.68. The number of nitrogens with two attached hydrogens (primary N) is 1. The monoisotopic (exact) mass is 204 g/mol. The molecule has 0 aliphatic carbocycles. The number of rotatable bonds is 1. The second kappa shape index (κ2) is 3.76. The molecule has 1 aromatic carbocycles. The van der Waals surface area contributed by atoms with Gasteiger partial charge in [-0.2, -0.15) is 0 Å². The average molecular weight is 204 g/mol. The standard InChI is InChI=1S/C13H20N2/c1-9-7-12(14)13(8-10(9)2)15-6-4-5-11(15)3/h7-8,11H,4-6,14H2,1-3H3. The van der Waals surface area contributed by atoms with Gasteiger partial charge in [-0.15, -0.1) is 0 Å². The molecule has 1 unspecified atom stereocenters. The van der Waals surface area contributed by atoms with E-state index in [4.69, 9.17) is 5.73 Å². The molecular weight excluding hydrogens is 184 g/mol. The van der Waals surface area contributed by atoms with Crippen LogP contribution in [-0.2, 0) is 0 Å². The maximum Gasteiger partial charge on any atom is 0.0605 e. The Balaban J connectivity index is 2.39. The van der Waals surface area contributed by atoms with E-state index < -0.39 is 0 Å². The Bertz CT molecular complexity index is 371. The molecule has 1 fully saturated rings. The van der Waals surface area contributed by atoms with Crippen LogP contribution in [0.1, 0.15) is 30.9 Å². The van der Waals surface area contributed by atoms with E-state index in [1.165, 1.54) is 29.7 Å². The summed E-state index contributed by atoms with van der Waals surface area (Å²) in [6.45, 7) is 7.69. The van der Waals surface area contributed by atoms with E-state index in [1.54, 1.807) is 0 Å². The Morgan fingerprint density at radius 1 is 1.27 bits per heavy atom. The summed E-state index contributed by atoms with van der Waals surface area (Å²) in [6.07, 6.45) is 2.57. The van der Waals surface area contributed by atoms with Crippen LogP contribution in [0.2, 0.25) is 0 Å². The fourth-order valence-corrected chi connectivity index (χ4v) is 2.36. The molecule has 0 radical (unpaired) electrons. The summed E-state index contributed by atoms with van der Waals surface area (Å²) in [5.41, 5.74) is 10.9. The fraction of sp³-hybridized carbons (Fsp3) is 0.538. The maximum atomic E-state index is 6.09. The summed E-state index contributed by atoms with van der Waals surface area (Å²) in [7, 11) is 0. The second-order valence-electron chi connectivity index (χ2n) is 4.68. The molecule has 2 nitrogen and oxygen atoms in total. The highest BCUT2D eigenvalue weighted by Crippen LogP contribution is 2.32. The van der Waals surface area contributed by atoms with E-state index in [0.29, 0.717) is 6.04 Å². The number of anilines is 2. The van der Waals surface area contributed by atoms with Crippen LogP contribution in [0.3, 0.4) is 0 Å². The molecular formula is C13H20N2. The quantitative estimate of drug-likeness (QED) is 0.713. The summed E-state index contributed by atoms with van der Waals surface area (Å²) in [6, 6.07) is 4.96. The molecule has 82 valence electrons. The van der Waals surface area contributed by atoms with Gasteiger partial charge >= 0.3 is 0 Å². The van der Waals surface area contributed by atoms with Gasteiger partial charge in [0.2, 0.25) is 0 Å². The number of hydrogen-bond acceptors (Lipinski definition) is 2. The van der Waals surface area contributed by atoms with Crippen molar-refractivity contribution in [1.82, 2.24) is 0 Å². The topological polar surface area (TPSA) is 29.3 Å². The first kappa shape index (κ1) is 10.3. The van der Waals surface area contributed by atoms with E-state index in [0.717, 1.165) is 12.2 Å². The smallest absolute Gasteiger partial charge is 0.0605 e. The van der Waals surface area contributed by atoms with Gasteiger partial charge in [-0.05, 0) is 56.9 Å². The Kier molecular flexibility index (Phi) is 2.59. The first-order valence-electron chi connectivity index (χ1n) is 5.73. The maximum absolute atomic E-state index is 6.09. The molecule has 15 heavy (non-hydrogen) atoms. The summed E-state index contributed by atoms with van der Waals surface area (Å²) in [5.74, 6) is 0. The number of benzene rings is 1. The minimum Gasteiger partial charge on any atom is -0.397 e. The van der Waals surface area contributed by atoms with Crippen molar-refractivity contribution >= 4 is 11.4 Å². The van der Waals surface area contributed by atoms with Crippen molar-refractivity contribution in [2.24, 2.45) is 0 Å². The van der Waals surface area contributed by atoms with Crippen LogP contribution < -0.4 is 10.6 Å². The van der Waals surface area contributed by atoms with Crippen LogP contribution in [0.4, 0.5) is 11.4 Å². The van der Waals surface area contributed by atoms with Crippen molar-refractivity contribution in [2.45, 2.75) is 39.7 Å². The van der Waals surface area contributed by atoms with Crippen molar-refractivity contribution in [3.05, 3.63) is 23.3 Å². The molecule has 1 aromatic rings. The normalized spacial score (nSPS) is 21.0. The molecule has 0 aromatic heterocycles. The summed E-state index contributed by atoms with van der Waals surface area (Å²) in [5, 5.41) is 0. The van der Waals surface area contributed by atoms with Crippen molar-refractivity contribution in [3.8, 4) is 0 Å². The molecule has 2 heteroatoms. The van der Waals surface area contributed by atoms with E-state index in [2.05, 4.69) is 37.8 Å². The van der Waals surface area contributed by atoms with Gasteiger partial charge in [-0.3, -0.25) is 0 Å². The van der Waals surface area contributed by atoms with Gasteiger partial charge in [-0.1, -0.05) is 0 Å². The molecule has 1 heterocycles. The zero-order valence-electron chi connectivity index (χ0n) is 9.88. The SMILES string of the molecule is Cc1cc(N)c(N2CCCC2C)cc1C. The third-order valence-electron chi connectivity index (χ3n) is 3.51. The zero-order valence-corrected chi connectivity index (χ0v) is 9.88. The van der Waals surface area contributed by atoms with E-state index in [1.807, 2.05) is 0 Å². The molecule has 1 saturated heterocycles. The van der Waals surface area contributed by atoms with Crippen molar-refractivity contribution < 1.29 is 0 Å². The highest BCUT2D eigenvalue weighted by atomic mass is 15.2. The van der Waals surface area contributed by atoms with Gasteiger partial charge in [0.15, 0.2) is 0 Å². The highest BCUT2D eigenvalue weighted by Gasteiger charge is 2.22. The fourth-order valence-electron chi connectivity index (χ4n) is 2.36. The van der Waals surface area contributed by atoms with Crippen LogP contribution in [0, 0.1) is 13.8 Å². The Hall–Kier alpha value is -1.18. The number of nitrogen functional groups attached to an aromatic ring is 1. The lowest BCUT2D eigenvalue weighted by atomic mass is 10.1. The third-order valence-corrected chi connectivity index (χ3v) is 3.51. The summed E-state index contributed by atoms with van der Waals surface area (Å²) >= 11 is 0. The molecule has 1 aliphatic heterocycles. The van der Waals surface area contributed by atoms with Crippen molar-refractivity contribution in [3.63, 3.8) is 0 Å². The summed E-state index contributed by atoms with van der Waals surface area (Å²) < 4.78 is 0. The molecule has 0 bridgehead atoms. The van der Waals surface area contributed by atoms with Crippen LogP contribution in [0.25, 0.3) is 0 Å². The molecule has 2 N–H and O–H groups in total. The molecule has 1 aliphatic rings. The number of hydrogen-bond donors (Lipinski definition) is 1. The molecule has 2 rings (SSSR count). The largest absolute Gasteiger partial charge is 0.397 e. The lowest BCUT2D eigenvalue weighted by Gasteiger charge is -2.26. The van der Waals surface area contributed by atoms with E-state index in [-0.39, 0.29) is 0 Å². The lowest BCUT2D eigenvalue weighted by molar-refractivity contribution is 0.735. The van der Waals surface area contributed by atoms with E-state index in [9.17, 15) is 0 Å². The van der Waals surface area contributed by atoms with Gasteiger partial charge in [-0.25, -0.2) is 0 Å². The van der Waals surface area contributed by atoms with Crippen LogP contribution >= 0.6 is 0 Å². The molecule has 1 atom stereocenters. The third kappa shape index (κ3) is 1.81. The van der Waals surface area contributed by atoms with Gasteiger partial charge in [0, 0.05) is 12.6 Å². The van der Waals surface area contributed by atoms with Crippen LogP contribution in [0.5, 0.6) is 0 Å². The van der Waals surface area contributed by atoms with Gasteiger partial charge in [0.1, 0.15) is 0 Å². The minimum atomic E-state index is 0.634. The predicted molar refractivity (Wildman–Crippen MR) is 66.4 cm³/mol. The Morgan fingerprint density at radius 2 is 1.93 bits per heavy atom. The number of aryl methyl sites for hydroxylation is 2. The Morgan fingerprint density at radius 3 is 2.53 bits per heavy atom. The number of nitrogens with zero attached hydrogens (tertiary/aromatic N) is 1. The molecule has 0 amide bonds. The van der Waals surface area contributed by atoms with E-state index >= 15 is 0 Å². The van der Waals surface area contributed by atoms with Crippen LogP contribution in [-0.4, -0.2) is 12.6 Å². The highest BCUT2D eigenvalue weighted by molar-refractivity contribution is 5.70. The van der Waals surface area contributed by atoms with Crippen molar-refractivity contribution in [1.29, 1.82) is 0 Å². The van der Waals surface area contributed by atoms with Gasteiger partial charge in [0.25, 0.3) is 0 Å². The Labute approximate surface area is 92.1 Å². The summed E-state index contributed by atoms with van der Waals surface area (Å²) in [4.78, 5) is 2.43. The molecule has 0 spiro atoms.